The number of alkyl halides is 3. The van der Waals surface area contributed by atoms with Gasteiger partial charge >= 0.3 is 6.18 Å². The molecule has 0 saturated carbocycles. The van der Waals surface area contributed by atoms with Gasteiger partial charge in [-0.05, 0) is 42.5 Å². The summed E-state index contributed by atoms with van der Waals surface area (Å²) in [7, 11) is 1.41. The van der Waals surface area contributed by atoms with E-state index in [0.29, 0.717) is 28.0 Å². The van der Waals surface area contributed by atoms with Gasteiger partial charge in [-0.3, -0.25) is 4.68 Å². The van der Waals surface area contributed by atoms with Crippen LogP contribution in [0.5, 0.6) is 0 Å². The Morgan fingerprint density at radius 1 is 1.11 bits per heavy atom. The van der Waals surface area contributed by atoms with E-state index in [1.54, 1.807) is 18.2 Å². The van der Waals surface area contributed by atoms with E-state index in [9.17, 15) is 22.8 Å². The molecule has 0 spiro atoms. The standard InChI is InChI=1S/C19H11F4N5/c1-28-17(8-18(27-28)19(21,22)23)14-5-4-13-16(26-14)7-15(25-13)12-3-2-11(20)6-10(12)9-24/h2-8,25H,1H3. The summed E-state index contributed by atoms with van der Waals surface area (Å²) in [6, 6.07) is 11.7. The lowest BCUT2D eigenvalue weighted by molar-refractivity contribution is -0.141. The van der Waals surface area contributed by atoms with Crippen LogP contribution in [0.2, 0.25) is 0 Å². The third kappa shape index (κ3) is 2.99. The van der Waals surface area contributed by atoms with Crippen molar-refractivity contribution in [1.82, 2.24) is 19.7 Å². The third-order valence-corrected chi connectivity index (χ3v) is 4.30. The van der Waals surface area contributed by atoms with E-state index in [4.69, 9.17) is 0 Å². The summed E-state index contributed by atoms with van der Waals surface area (Å²) in [5.74, 6) is -0.520. The molecule has 3 aromatic heterocycles. The Hall–Kier alpha value is -3.67. The van der Waals surface area contributed by atoms with Gasteiger partial charge < -0.3 is 4.98 Å². The van der Waals surface area contributed by atoms with E-state index in [1.807, 2.05) is 6.07 Å². The van der Waals surface area contributed by atoms with Crippen molar-refractivity contribution in [2.24, 2.45) is 7.05 Å². The summed E-state index contributed by atoms with van der Waals surface area (Å²) >= 11 is 0. The maximum absolute atomic E-state index is 13.4. The summed E-state index contributed by atoms with van der Waals surface area (Å²) in [6.07, 6.45) is -4.54. The van der Waals surface area contributed by atoms with Crippen LogP contribution < -0.4 is 0 Å². The molecule has 3 heterocycles. The van der Waals surface area contributed by atoms with Gasteiger partial charge in [0.05, 0.1) is 34.1 Å². The van der Waals surface area contributed by atoms with Crippen LogP contribution in [0.15, 0.2) is 42.5 Å². The highest BCUT2D eigenvalue weighted by Gasteiger charge is 2.34. The van der Waals surface area contributed by atoms with E-state index in [0.717, 1.165) is 16.8 Å². The minimum Gasteiger partial charge on any atom is -0.353 e. The molecule has 4 rings (SSSR count). The zero-order valence-corrected chi connectivity index (χ0v) is 14.3. The van der Waals surface area contributed by atoms with Crippen LogP contribution in [0.1, 0.15) is 11.3 Å². The summed E-state index contributed by atoms with van der Waals surface area (Å²) in [6.45, 7) is 0. The number of nitrogens with one attached hydrogen (secondary N) is 1. The van der Waals surface area contributed by atoms with Gasteiger partial charge in [-0.1, -0.05) is 0 Å². The second-order valence-corrected chi connectivity index (χ2v) is 6.15. The number of halogens is 4. The topological polar surface area (TPSA) is 70.3 Å². The summed E-state index contributed by atoms with van der Waals surface area (Å²) < 4.78 is 53.1. The molecular weight excluding hydrogens is 374 g/mol. The maximum atomic E-state index is 13.4. The normalized spacial score (nSPS) is 11.7. The number of aryl methyl sites for hydroxylation is 1. The van der Waals surface area contributed by atoms with Crippen molar-refractivity contribution in [2.45, 2.75) is 6.18 Å². The molecule has 0 radical (unpaired) electrons. The minimum absolute atomic E-state index is 0.160. The summed E-state index contributed by atoms with van der Waals surface area (Å²) in [5, 5.41) is 12.7. The van der Waals surface area contributed by atoms with E-state index >= 15 is 0 Å². The van der Waals surface area contributed by atoms with Gasteiger partial charge in [0, 0.05) is 18.3 Å². The number of aromatic amines is 1. The Balaban J connectivity index is 1.80. The number of nitrogens with zero attached hydrogens (tertiary/aromatic N) is 4. The number of hydrogen-bond acceptors (Lipinski definition) is 3. The molecule has 0 aliphatic carbocycles. The smallest absolute Gasteiger partial charge is 0.353 e. The van der Waals surface area contributed by atoms with Crippen LogP contribution in [0.4, 0.5) is 17.6 Å². The minimum atomic E-state index is -4.54. The van der Waals surface area contributed by atoms with Crippen LogP contribution in [-0.2, 0) is 13.2 Å². The van der Waals surface area contributed by atoms with Crippen molar-refractivity contribution >= 4 is 11.0 Å². The third-order valence-electron chi connectivity index (χ3n) is 4.30. The van der Waals surface area contributed by atoms with Gasteiger partial charge in [-0.25, -0.2) is 9.37 Å². The molecule has 28 heavy (non-hydrogen) atoms. The highest BCUT2D eigenvalue weighted by molar-refractivity contribution is 5.85. The zero-order valence-electron chi connectivity index (χ0n) is 14.3. The van der Waals surface area contributed by atoms with Crippen LogP contribution in [0, 0.1) is 17.1 Å². The molecule has 0 fully saturated rings. The van der Waals surface area contributed by atoms with Gasteiger partial charge in [-0.15, -0.1) is 0 Å². The molecule has 0 aliphatic heterocycles. The highest BCUT2D eigenvalue weighted by Crippen LogP contribution is 2.32. The van der Waals surface area contributed by atoms with Gasteiger partial charge in [-0.2, -0.15) is 23.5 Å². The van der Waals surface area contributed by atoms with Crippen LogP contribution >= 0.6 is 0 Å². The highest BCUT2D eigenvalue weighted by atomic mass is 19.4. The summed E-state index contributed by atoms with van der Waals surface area (Å²) in [5.41, 5.74) is 1.89. The molecule has 0 saturated heterocycles. The van der Waals surface area contributed by atoms with E-state index in [2.05, 4.69) is 15.1 Å². The van der Waals surface area contributed by atoms with Gasteiger partial charge in [0.2, 0.25) is 0 Å². The molecule has 1 aromatic carbocycles. The van der Waals surface area contributed by atoms with Crippen LogP contribution in [-0.4, -0.2) is 19.7 Å². The SMILES string of the molecule is Cn1nc(C(F)(F)F)cc1-c1ccc2[nH]c(-c3ccc(F)cc3C#N)cc2n1. The van der Waals surface area contributed by atoms with E-state index in [-0.39, 0.29) is 11.3 Å². The first-order valence-electron chi connectivity index (χ1n) is 8.07. The number of nitriles is 1. The average Bonchev–Trinajstić information content (AvgIpc) is 3.24. The first-order chi connectivity index (χ1) is 13.3. The van der Waals surface area contributed by atoms with Crippen molar-refractivity contribution in [3.05, 3.63) is 59.5 Å². The molecule has 9 heteroatoms. The van der Waals surface area contributed by atoms with Crippen molar-refractivity contribution in [2.75, 3.05) is 0 Å². The molecule has 5 nitrogen and oxygen atoms in total. The Morgan fingerprint density at radius 3 is 2.57 bits per heavy atom. The number of rotatable bonds is 2. The molecule has 0 aliphatic rings. The largest absolute Gasteiger partial charge is 0.435 e. The van der Waals surface area contributed by atoms with Crippen molar-refractivity contribution in [3.8, 4) is 28.7 Å². The number of fused-ring (bicyclic) bond motifs is 1. The fourth-order valence-electron chi connectivity index (χ4n) is 2.99. The fraction of sp³-hybridized carbons (Fsp3) is 0.105. The van der Waals surface area contributed by atoms with E-state index < -0.39 is 17.7 Å². The molecule has 4 aromatic rings. The van der Waals surface area contributed by atoms with Crippen molar-refractivity contribution < 1.29 is 17.6 Å². The van der Waals surface area contributed by atoms with Gasteiger partial charge in [0.1, 0.15) is 5.82 Å². The first-order valence-corrected chi connectivity index (χ1v) is 8.07. The lowest BCUT2D eigenvalue weighted by Gasteiger charge is -2.00. The maximum Gasteiger partial charge on any atom is 0.435 e. The Morgan fingerprint density at radius 2 is 1.89 bits per heavy atom. The number of H-pyrrole nitrogens is 1. The second-order valence-electron chi connectivity index (χ2n) is 6.15. The average molecular weight is 385 g/mol. The number of hydrogen-bond donors (Lipinski definition) is 1. The van der Waals surface area contributed by atoms with Gasteiger partial charge in [0.15, 0.2) is 5.69 Å². The molecule has 0 atom stereocenters. The molecule has 140 valence electrons. The quantitative estimate of drug-likeness (QED) is 0.510. The lowest BCUT2D eigenvalue weighted by atomic mass is 10.1. The second kappa shape index (κ2) is 6.20. The van der Waals surface area contributed by atoms with E-state index in [1.165, 1.54) is 19.2 Å². The summed E-state index contributed by atoms with van der Waals surface area (Å²) in [4.78, 5) is 7.49. The van der Waals surface area contributed by atoms with Crippen LogP contribution in [0.3, 0.4) is 0 Å². The molecule has 0 amide bonds. The molecule has 0 bridgehead atoms. The monoisotopic (exact) mass is 385 g/mol. The molecule has 0 unspecified atom stereocenters. The number of pyridine rings is 1. The number of aromatic nitrogens is 4. The Kier molecular flexibility index (Phi) is 3.92. The lowest BCUT2D eigenvalue weighted by Crippen LogP contribution is -2.06. The Labute approximate surface area is 155 Å². The first kappa shape index (κ1) is 17.7. The zero-order chi connectivity index (χ0) is 20.1. The number of benzene rings is 1. The molecule has 1 N–H and O–H groups in total. The van der Waals surface area contributed by atoms with Crippen LogP contribution in [0.25, 0.3) is 33.7 Å². The van der Waals surface area contributed by atoms with Crippen molar-refractivity contribution in [3.63, 3.8) is 0 Å². The Bertz CT molecular complexity index is 1240. The fourth-order valence-corrected chi connectivity index (χ4v) is 2.99. The van der Waals surface area contributed by atoms with Gasteiger partial charge in [0.25, 0.3) is 0 Å². The molecular formula is C19H11F4N5. The predicted molar refractivity (Wildman–Crippen MR) is 93.4 cm³/mol. The predicted octanol–water partition coefficient (Wildman–Crippen LogP) is 4.66. The van der Waals surface area contributed by atoms with Crippen molar-refractivity contribution in [1.29, 1.82) is 5.26 Å².